The number of hydrogen-bond donors (Lipinski definition) is 3. The van der Waals surface area contributed by atoms with Crippen molar-refractivity contribution >= 4 is 34.1 Å². The molecule has 0 bridgehead atoms. The first-order valence-corrected chi connectivity index (χ1v) is 14.1. The van der Waals surface area contributed by atoms with Gasteiger partial charge in [0.15, 0.2) is 0 Å². The highest BCUT2D eigenvalue weighted by atomic mass is 127. The van der Waals surface area contributed by atoms with Gasteiger partial charge in [-0.1, -0.05) is 49.4 Å². The van der Waals surface area contributed by atoms with Crippen LogP contribution in [0.3, 0.4) is 0 Å². The zero-order chi connectivity index (χ0) is 27.1. The lowest BCUT2D eigenvalue weighted by Gasteiger charge is -2.29. The second-order valence-corrected chi connectivity index (χ2v) is 11.0. The number of benzene rings is 3. The number of nitrogens with one attached hydrogen (secondary N) is 2. The molecule has 0 fully saturated rings. The topological polar surface area (TPSA) is 61.4 Å². The molecular weight excluding hydrogens is 597 g/mol. The maximum atomic E-state index is 13.9. The number of fused-ring (bicyclic) bond motifs is 1. The smallest absolute Gasteiger partial charge is 0.227 e. The fraction of sp³-hybridized carbons (Fsp3) is 0.323. The third-order valence-corrected chi connectivity index (χ3v) is 7.62. The molecule has 1 aliphatic rings. The molecule has 38 heavy (non-hydrogen) atoms. The molecule has 1 amide bonds. The summed E-state index contributed by atoms with van der Waals surface area (Å²) in [6.45, 7) is 2.72. The SMILES string of the molecule is CCC(C(=O)N[C@@H](Cc1cc(F)cc(F)c1)[C@H](O)CNCc1cccc(I)c1)C1=CCCc2ccccc21. The number of allylic oxidation sites excluding steroid dienone is 1. The number of aryl methyl sites for hydroxylation is 1. The zero-order valence-corrected chi connectivity index (χ0v) is 23.5. The summed E-state index contributed by atoms with van der Waals surface area (Å²) < 4.78 is 29.0. The van der Waals surface area contributed by atoms with Crippen LogP contribution in [0.15, 0.2) is 72.8 Å². The van der Waals surface area contributed by atoms with Gasteiger partial charge in [0, 0.05) is 22.7 Å². The Bertz CT molecular complexity index is 1280. The standard InChI is InChI=1S/C31H33F2IN2O2/c1-2-26(28-12-6-9-22-8-3-4-11-27(22)28)31(38)36-29(16-21-13-23(32)17-24(33)14-21)30(37)19-35-18-20-7-5-10-25(34)15-20/h3-5,7-8,10-15,17,26,29-30,35,37H,2,6,9,16,18-19H2,1H3,(H,36,38)/t26?,29-,30+/m0/s1. The van der Waals surface area contributed by atoms with E-state index in [1.165, 1.54) is 17.7 Å². The summed E-state index contributed by atoms with van der Waals surface area (Å²) in [7, 11) is 0. The van der Waals surface area contributed by atoms with Gasteiger partial charge in [-0.25, -0.2) is 8.78 Å². The van der Waals surface area contributed by atoms with Crippen molar-refractivity contribution in [3.8, 4) is 0 Å². The molecule has 4 nitrogen and oxygen atoms in total. The van der Waals surface area contributed by atoms with Gasteiger partial charge in [0.05, 0.1) is 18.1 Å². The lowest BCUT2D eigenvalue weighted by Crippen LogP contribution is -2.50. The molecule has 0 saturated carbocycles. The summed E-state index contributed by atoms with van der Waals surface area (Å²) in [5.74, 6) is -1.97. The molecule has 1 unspecified atom stereocenters. The minimum Gasteiger partial charge on any atom is -0.390 e. The maximum Gasteiger partial charge on any atom is 0.227 e. The highest BCUT2D eigenvalue weighted by Crippen LogP contribution is 2.33. The number of aliphatic hydroxyl groups is 1. The highest BCUT2D eigenvalue weighted by molar-refractivity contribution is 14.1. The van der Waals surface area contributed by atoms with Gasteiger partial charge in [0.25, 0.3) is 0 Å². The molecule has 0 radical (unpaired) electrons. The zero-order valence-electron chi connectivity index (χ0n) is 21.4. The Morgan fingerprint density at radius 2 is 1.79 bits per heavy atom. The van der Waals surface area contributed by atoms with Gasteiger partial charge < -0.3 is 15.7 Å². The molecule has 0 heterocycles. The molecule has 1 aliphatic carbocycles. The van der Waals surface area contributed by atoms with Crippen LogP contribution < -0.4 is 10.6 Å². The van der Waals surface area contributed by atoms with Crippen LogP contribution in [-0.4, -0.2) is 29.7 Å². The summed E-state index contributed by atoms with van der Waals surface area (Å²) in [4.78, 5) is 13.6. The molecule has 3 atom stereocenters. The Balaban J connectivity index is 1.51. The van der Waals surface area contributed by atoms with Crippen molar-refractivity contribution in [1.29, 1.82) is 0 Å². The molecule has 0 spiro atoms. The molecular formula is C31H33F2IN2O2. The van der Waals surface area contributed by atoms with Gasteiger partial charge in [0.2, 0.25) is 5.91 Å². The second-order valence-electron chi connectivity index (χ2n) is 9.74. The summed E-state index contributed by atoms with van der Waals surface area (Å²) in [5.41, 5.74) is 4.76. The lowest BCUT2D eigenvalue weighted by molar-refractivity contribution is -0.125. The van der Waals surface area contributed by atoms with Crippen LogP contribution in [-0.2, 0) is 24.2 Å². The molecule has 3 aromatic carbocycles. The Morgan fingerprint density at radius 3 is 2.53 bits per heavy atom. The largest absolute Gasteiger partial charge is 0.390 e. The highest BCUT2D eigenvalue weighted by Gasteiger charge is 2.29. The number of carbonyl (C=O) groups excluding carboxylic acids is 1. The Hall–Kier alpha value is -2.62. The van der Waals surface area contributed by atoms with Crippen molar-refractivity contribution in [3.05, 3.63) is 110 Å². The van der Waals surface area contributed by atoms with Crippen molar-refractivity contribution < 1.29 is 18.7 Å². The van der Waals surface area contributed by atoms with E-state index < -0.39 is 29.7 Å². The number of halogens is 3. The quantitative estimate of drug-likeness (QED) is 0.235. The maximum absolute atomic E-state index is 13.9. The first-order chi connectivity index (χ1) is 18.3. The third-order valence-electron chi connectivity index (χ3n) is 6.95. The van der Waals surface area contributed by atoms with Crippen LogP contribution in [0.25, 0.3) is 5.57 Å². The fourth-order valence-corrected chi connectivity index (χ4v) is 5.70. The Kier molecular flexibility index (Phi) is 10.0. The summed E-state index contributed by atoms with van der Waals surface area (Å²) in [6, 6.07) is 18.7. The first-order valence-electron chi connectivity index (χ1n) is 13.0. The van der Waals surface area contributed by atoms with Crippen LogP contribution in [0, 0.1) is 21.1 Å². The number of aliphatic hydroxyl groups excluding tert-OH is 1. The summed E-state index contributed by atoms with van der Waals surface area (Å²) in [5, 5.41) is 17.4. The first kappa shape index (κ1) is 28.4. The van der Waals surface area contributed by atoms with E-state index in [0.29, 0.717) is 18.5 Å². The Labute approximate surface area is 236 Å². The Morgan fingerprint density at radius 1 is 1.03 bits per heavy atom. The fourth-order valence-electron chi connectivity index (χ4n) is 5.09. The average Bonchev–Trinajstić information content (AvgIpc) is 2.88. The van der Waals surface area contributed by atoms with E-state index in [9.17, 15) is 18.7 Å². The van der Waals surface area contributed by atoms with E-state index in [4.69, 9.17) is 0 Å². The number of amides is 1. The van der Waals surface area contributed by atoms with Crippen LogP contribution >= 0.6 is 22.6 Å². The van der Waals surface area contributed by atoms with Crippen molar-refractivity contribution in [2.45, 2.75) is 51.3 Å². The van der Waals surface area contributed by atoms with Crippen LogP contribution in [0.1, 0.15) is 42.0 Å². The predicted molar refractivity (Wildman–Crippen MR) is 155 cm³/mol. The summed E-state index contributed by atoms with van der Waals surface area (Å²) >= 11 is 2.25. The van der Waals surface area contributed by atoms with Crippen LogP contribution in [0.4, 0.5) is 8.78 Å². The van der Waals surface area contributed by atoms with Crippen molar-refractivity contribution in [2.24, 2.45) is 5.92 Å². The van der Waals surface area contributed by atoms with Crippen molar-refractivity contribution in [3.63, 3.8) is 0 Å². The van der Waals surface area contributed by atoms with Crippen LogP contribution in [0.2, 0.25) is 0 Å². The minimum atomic E-state index is -0.974. The molecule has 0 aliphatic heterocycles. The second kappa shape index (κ2) is 13.4. The van der Waals surface area contributed by atoms with Gasteiger partial charge >= 0.3 is 0 Å². The lowest BCUT2D eigenvalue weighted by atomic mass is 9.82. The minimum absolute atomic E-state index is 0.0958. The van der Waals surface area contributed by atoms with Gasteiger partial charge in [0.1, 0.15) is 11.6 Å². The van der Waals surface area contributed by atoms with Gasteiger partial charge in [-0.15, -0.1) is 0 Å². The molecule has 3 N–H and O–H groups in total. The predicted octanol–water partition coefficient (Wildman–Crippen LogP) is 5.80. The normalized spacial score (nSPS) is 15.2. The van der Waals surface area contributed by atoms with Crippen molar-refractivity contribution in [1.82, 2.24) is 10.6 Å². The van der Waals surface area contributed by atoms with E-state index >= 15 is 0 Å². The average molecular weight is 631 g/mol. The van der Waals surface area contributed by atoms with E-state index in [1.807, 2.05) is 43.3 Å². The summed E-state index contributed by atoms with van der Waals surface area (Å²) in [6.07, 6.45) is 3.65. The molecule has 0 aromatic heterocycles. The molecule has 200 valence electrons. The van der Waals surface area contributed by atoms with E-state index in [-0.39, 0.29) is 18.9 Å². The molecule has 3 aromatic rings. The molecule has 7 heteroatoms. The number of carbonyl (C=O) groups is 1. The monoisotopic (exact) mass is 630 g/mol. The number of rotatable bonds is 11. The van der Waals surface area contributed by atoms with E-state index in [2.05, 4.69) is 51.4 Å². The van der Waals surface area contributed by atoms with E-state index in [0.717, 1.165) is 39.2 Å². The van der Waals surface area contributed by atoms with E-state index in [1.54, 1.807) is 0 Å². The number of hydrogen-bond acceptors (Lipinski definition) is 3. The van der Waals surface area contributed by atoms with Crippen molar-refractivity contribution in [2.75, 3.05) is 6.54 Å². The molecule has 0 saturated heterocycles. The van der Waals surface area contributed by atoms with Gasteiger partial charge in [-0.2, -0.15) is 0 Å². The van der Waals surface area contributed by atoms with Gasteiger partial charge in [-0.05, 0) is 100 Å². The van der Waals surface area contributed by atoms with Crippen LogP contribution in [0.5, 0.6) is 0 Å². The molecule has 4 rings (SSSR count). The van der Waals surface area contributed by atoms with Gasteiger partial charge in [-0.3, -0.25) is 4.79 Å². The third kappa shape index (κ3) is 7.48.